The van der Waals surface area contributed by atoms with Crippen molar-refractivity contribution in [3.63, 3.8) is 0 Å². The first kappa shape index (κ1) is 13.8. The lowest BCUT2D eigenvalue weighted by Crippen LogP contribution is -1.93. The summed E-state index contributed by atoms with van der Waals surface area (Å²) in [6, 6.07) is 3.80. The molecule has 0 saturated heterocycles. The molecule has 0 radical (unpaired) electrons. The van der Waals surface area contributed by atoms with Gasteiger partial charge in [-0.15, -0.1) is 0 Å². The molecule has 0 spiro atoms. The highest BCUT2D eigenvalue weighted by atomic mass is 127. The Balaban J connectivity index is 3.22. The van der Waals surface area contributed by atoms with Crippen LogP contribution in [0.4, 0.5) is 5.69 Å². The molecule has 0 aliphatic carbocycles. The van der Waals surface area contributed by atoms with Crippen LogP contribution >= 0.6 is 40.0 Å². The van der Waals surface area contributed by atoms with Gasteiger partial charge in [-0.2, -0.15) is 0 Å². The van der Waals surface area contributed by atoms with Crippen LogP contribution in [0.25, 0.3) is 0 Å². The van der Waals surface area contributed by atoms with Gasteiger partial charge in [-0.3, -0.25) is 0 Å². The summed E-state index contributed by atoms with van der Waals surface area (Å²) in [6.07, 6.45) is 2.61. The molecule has 1 aromatic carbocycles. The molecule has 16 heavy (non-hydrogen) atoms. The fourth-order valence-electron chi connectivity index (χ4n) is 1.17. The van der Waals surface area contributed by atoms with E-state index in [4.69, 9.17) is 17.0 Å². The highest BCUT2D eigenvalue weighted by molar-refractivity contribution is 14.2. The van der Waals surface area contributed by atoms with Gasteiger partial charge in [-0.25, -0.2) is 0 Å². The van der Waals surface area contributed by atoms with Gasteiger partial charge in [-0.05, 0) is 34.2 Å². The smallest absolute Gasteiger partial charge is 0.0670 e. The Kier molecular flexibility index (Phi) is 6.12. The first-order valence-corrected chi connectivity index (χ1v) is 9.17. The third kappa shape index (κ3) is 3.35. The van der Waals surface area contributed by atoms with E-state index in [2.05, 4.69) is 39.0 Å². The largest absolute Gasteiger partial charge is 0.358 e. The van der Waals surface area contributed by atoms with Crippen molar-refractivity contribution in [1.29, 1.82) is 5.41 Å². The van der Waals surface area contributed by atoms with Crippen molar-refractivity contribution in [3.8, 4) is 11.8 Å². The first-order valence-electron chi connectivity index (χ1n) is 4.68. The number of halogens is 2. The maximum Gasteiger partial charge on any atom is 0.0670 e. The standard InChI is InChI=1S/C11H11ClIN2P/c1-2-3-4-8-5-6-10(15-16-13)9(7-14)11(8)12/h5-7,14-16H,2H2,1H3. The van der Waals surface area contributed by atoms with Crippen molar-refractivity contribution in [2.24, 2.45) is 0 Å². The van der Waals surface area contributed by atoms with Crippen LogP contribution in [0, 0.1) is 17.3 Å². The maximum atomic E-state index is 7.38. The molecule has 2 N–H and O–H groups in total. The van der Waals surface area contributed by atoms with E-state index in [0.29, 0.717) is 17.0 Å². The molecule has 0 heterocycles. The van der Waals surface area contributed by atoms with Crippen molar-refractivity contribution >= 4 is 51.9 Å². The highest BCUT2D eigenvalue weighted by Crippen LogP contribution is 2.31. The van der Waals surface area contributed by atoms with Crippen LogP contribution in [0.5, 0.6) is 0 Å². The van der Waals surface area contributed by atoms with Crippen LogP contribution in [-0.2, 0) is 0 Å². The van der Waals surface area contributed by atoms with Crippen LogP contribution in [0.1, 0.15) is 24.5 Å². The average Bonchev–Trinajstić information content (AvgIpc) is 2.29. The van der Waals surface area contributed by atoms with Crippen LogP contribution in [-0.4, -0.2) is 6.21 Å². The fourth-order valence-corrected chi connectivity index (χ4v) is 2.63. The lowest BCUT2D eigenvalue weighted by atomic mass is 10.1. The molecule has 0 bridgehead atoms. The normalized spacial score (nSPS) is 9.94. The number of rotatable bonds is 3. The number of benzene rings is 1. The topological polar surface area (TPSA) is 35.9 Å². The minimum absolute atomic E-state index is 0.551. The molecular weight excluding hydrogens is 353 g/mol. The summed E-state index contributed by atoms with van der Waals surface area (Å²) in [4.78, 5) is 0. The van der Waals surface area contributed by atoms with Crippen molar-refractivity contribution in [1.82, 2.24) is 0 Å². The zero-order valence-corrected chi connectivity index (χ0v) is 12.6. The fraction of sp³-hybridized carbons (Fsp3) is 0.182. The minimum atomic E-state index is 0.551. The van der Waals surface area contributed by atoms with E-state index in [9.17, 15) is 0 Å². The quantitative estimate of drug-likeness (QED) is 0.353. The number of anilines is 1. The van der Waals surface area contributed by atoms with Crippen LogP contribution in [0.15, 0.2) is 12.1 Å². The van der Waals surface area contributed by atoms with E-state index in [-0.39, 0.29) is 0 Å². The molecule has 1 unspecified atom stereocenters. The first-order chi connectivity index (χ1) is 7.74. The third-order valence-corrected chi connectivity index (χ3v) is 3.49. The number of nitrogens with one attached hydrogen (secondary N) is 2. The van der Waals surface area contributed by atoms with Crippen LogP contribution in [0.2, 0.25) is 5.02 Å². The zero-order chi connectivity index (χ0) is 12.0. The van der Waals surface area contributed by atoms with Gasteiger partial charge in [0.05, 0.1) is 5.02 Å². The van der Waals surface area contributed by atoms with Crippen molar-refractivity contribution in [2.45, 2.75) is 13.3 Å². The minimum Gasteiger partial charge on any atom is -0.358 e. The van der Waals surface area contributed by atoms with E-state index in [1.165, 1.54) is 6.21 Å². The Hall–Kier alpha value is -0.300. The Morgan fingerprint density at radius 1 is 1.62 bits per heavy atom. The molecule has 1 aromatic rings. The number of hydrogen-bond acceptors (Lipinski definition) is 2. The van der Waals surface area contributed by atoms with E-state index < -0.39 is 0 Å². The van der Waals surface area contributed by atoms with Crippen molar-refractivity contribution < 1.29 is 0 Å². The van der Waals surface area contributed by atoms with E-state index in [1.807, 2.05) is 19.1 Å². The third-order valence-electron chi connectivity index (χ3n) is 1.91. The molecule has 2 nitrogen and oxygen atoms in total. The lowest BCUT2D eigenvalue weighted by Gasteiger charge is -2.09. The molecule has 0 saturated carbocycles. The summed E-state index contributed by atoms with van der Waals surface area (Å²) in [5, 5.41) is 11.1. The van der Waals surface area contributed by atoms with Gasteiger partial charge in [0.1, 0.15) is 0 Å². The Morgan fingerprint density at radius 3 is 2.94 bits per heavy atom. The Labute approximate surface area is 115 Å². The summed E-state index contributed by atoms with van der Waals surface area (Å²) >= 11 is 8.43. The predicted molar refractivity (Wildman–Crippen MR) is 82.5 cm³/mol. The summed E-state index contributed by atoms with van der Waals surface area (Å²) < 4.78 is 0. The van der Waals surface area contributed by atoms with Gasteiger partial charge in [0, 0.05) is 35.8 Å². The monoisotopic (exact) mass is 364 g/mol. The second-order valence-corrected chi connectivity index (χ2v) is 5.34. The molecule has 0 aliphatic heterocycles. The zero-order valence-electron chi connectivity index (χ0n) is 8.70. The molecule has 0 aromatic heterocycles. The number of hydrogen-bond donors (Lipinski definition) is 2. The van der Waals surface area contributed by atoms with E-state index in [1.54, 1.807) is 0 Å². The van der Waals surface area contributed by atoms with Gasteiger partial charge in [0.15, 0.2) is 0 Å². The molecule has 1 atom stereocenters. The van der Waals surface area contributed by atoms with Gasteiger partial charge < -0.3 is 10.5 Å². The summed E-state index contributed by atoms with van der Waals surface area (Å²) in [7, 11) is 0. The second-order valence-electron chi connectivity index (χ2n) is 2.91. The molecule has 0 amide bonds. The predicted octanol–water partition coefficient (Wildman–Crippen LogP) is 4.45. The van der Waals surface area contributed by atoms with Gasteiger partial charge >= 0.3 is 0 Å². The van der Waals surface area contributed by atoms with E-state index >= 15 is 0 Å². The molecule has 0 aliphatic rings. The van der Waals surface area contributed by atoms with Crippen LogP contribution in [0.3, 0.4) is 0 Å². The molecular formula is C11H11ClIN2P. The van der Waals surface area contributed by atoms with Gasteiger partial charge in [0.2, 0.25) is 0 Å². The molecule has 1 rings (SSSR count). The van der Waals surface area contributed by atoms with Gasteiger partial charge in [0.25, 0.3) is 0 Å². The van der Waals surface area contributed by atoms with Crippen molar-refractivity contribution in [2.75, 3.05) is 5.09 Å². The lowest BCUT2D eigenvalue weighted by molar-refractivity contribution is 1.28. The summed E-state index contributed by atoms with van der Waals surface area (Å²) in [6.45, 7) is 1.99. The Bertz CT molecular complexity index is 451. The highest BCUT2D eigenvalue weighted by Gasteiger charge is 2.08. The second kappa shape index (κ2) is 7.11. The molecule has 84 valence electrons. The van der Waals surface area contributed by atoms with Crippen LogP contribution < -0.4 is 5.09 Å². The maximum absolute atomic E-state index is 7.38. The van der Waals surface area contributed by atoms with Gasteiger partial charge in [-0.1, -0.05) is 30.4 Å². The summed E-state index contributed by atoms with van der Waals surface area (Å²) in [5.74, 6) is 5.97. The summed E-state index contributed by atoms with van der Waals surface area (Å²) in [5.41, 5.74) is 2.37. The SMILES string of the molecule is CCC#Cc1ccc(NPI)c(C=N)c1Cl. The molecule has 5 heteroatoms. The Morgan fingerprint density at radius 2 is 2.38 bits per heavy atom. The van der Waals surface area contributed by atoms with Crippen molar-refractivity contribution in [3.05, 3.63) is 28.3 Å². The molecule has 0 fully saturated rings. The average molecular weight is 365 g/mol. The van der Waals surface area contributed by atoms with E-state index in [0.717, 1.165) is 17.7 Å².